The van der Waals surface area contributed by atoms with Crippen LogP contribution in [-0.4, -0.2) is 87.2 Å². The lowest BCUT2D eigenvalue weighted by molar-refractivity contribution is -0.151. The number of aliphatic hydroxyl groups excluding tert-OH is 1. The van der Waals surface area contributed by atoms with Crippen LogP contribution in [0, 0.1) is 0 Å². The van der Waals surface area contributed by atoms with Gasteiger partial charge in [0.25, 0.3) is 5.91 Å². The Labute approximate surface area is 225 Å². The van der Waals surface area contributed by atoms with Gasteiger partial charge in [-0.2, -0.15) is 0 Å². The minimum Gasteiger partial charge on any atom is -0.399 e. The van der Waals surface area contributed by atoms with Crippen molar-refractivity contribution in [2.45, 2.75) is 58.2 Å². The van der Waals surface area contributed by atoms with Gasteiger partial charge in [-0.15, -0.1) is 0 Å². The molecule has 0 spiro atoms. The normalized spacial score (nSPS) is 21.3. The van der Waals surface area contributed by atoms with Crippen LogP contribution in [0.15, 0.2) is 59.6 Å². The summed E-state index contributed by atoms with van der Waals surface area (Å²) >= 11 is 0. The van der Waals surface area contributed by atoms with Crippen LogP contribution >= 0.6 is 0 Å². The number of rotatable bonds is 12. The molecular formula is C29H40N6O3. The fraction of sp³-hybridized carbons (Fsp3) is 0.483. The second-order valence-corrected chi connectivity index (χ2v) is 9.86. The number of amides is 3. The van der Waals surface area contributed by atoms with Gasteiger partial charge in [0.05, 0.1) is 6.61 Å². The maximum absolute atomic E-state index is 14.1. The van der Waals surface area contributed by atoms with Crippen molar-refractivity contribution in [3.05, 3.63) is 65.7 Å². The van der Waals surface area contributed by atoms with Crippen molar-refractivity contribution in [3.8, 4) is 0 Å². The van der Waals surface area contributed by atoms with Crippen LogP contribution in [-0.2, 0) is 17.6 Å². The van der Waals surface area contributed by atoms with Crippen LogP contribution in [0.2, 0.25) is 0 Å². The summed E-state index contributed by atoms with van der Waals surface area (Å²) < 4.78 is 0. The fourth-order valence-corrected chi connectivity index (χ4v) is 5.61. The van der Waals surface area contributed by atoms with Crippen LogP contribution in [0.25, 0.3) is 0 Å². The van der Waals surface area contributed by atoms with E-state index in [1.54, 1.807) is 0 Å². The van der Waals surface area contributed by atoms with Crippen LogP contribution in [0.5, 0.6) is 0 Å². The predicted molar refractivity (Wildman–Crippen MR) is 149 cm³/mol. The number of hydrogen-bond acceptors (Lipinski definition) is 7. The molecule has 2 atom stereocenters. The number of aliphatic hydroxyl groups is 1. The highest BCUT2D eigenvalue weighted by Crippen LogP contribution is 2.41. The zero-order valence-corrected chi connectivity index (χ0v) is 22.7. The van der Waals surface area contributed by atoms with Crippen molar-refractivity contribution in [2.75, 3.05) is 38.5 Å². The molecule has 0 aromatic heterocycles. The number of fused-ring (bicyclic) bond motifs is 1. The first-order chi connectivity index (χ1) is 18.4. The van der Waals surface area contributed by atoms with Crippen molar-refractivity contribution in [2.24, 2.45) is 4.99 Å². The van der Waals surface area contributed by atoms with Gasteiger partial charge in [0.1, 0.15) is 5.84 Å². The molecule has 1 saturated heterocycles. The van der Waals surface area contributed by atoms with Crippen LogP contribution in [0.4, 0.5) is 10.5 Å². The molecule has 2 unspecified atom stereocenters. The summed E-state index contributed by atoms with van der Waals surface area (Å²) in [4.78, 5) is 36.5. The number of anilines is 1. The van der Waals surface area contributed by atoms with Gasteiger partial charge >= 0.3 is 6.03 Å². The molecule has 2 heterocycles. The molecule has 2 aromatic carbocycles. The first-order valence-corrected chi connectivity index (χ1v) is 13.6. The highest BCUT2D eigenvalue weighted by molar-refractivity contribution is 6.05. The average Bonchev–Trinajstić information content (AvgIpc) is 3.26. The summed E-state index contributed by atoms with van der Waals surface area (Å²) in [6, 6.07) is 16.7. The van der Waals surface area contributed by atoms with Gasteiger partial charge in [-0.05, 0) is 42.5 Å². The van der Waals surface area contributed by atoms with Crippen LogP contribution in [0.1, 0.15) is 44.7 Å². The van der Waals surface area contributed by atoms with E-state index >= 15 is 0 Å². The van der Waals surface area contributed by atoms with E-state index in [9.17, 15) is 14.7 Å². The van der Waals surface area contributed by atoms with Crippen LogP contribution in [0.3, 0.4) is 0 Å². The Bertz CT molecular complexity index is 1140. The fourth-order valence-electron chi connectivity index (χ4n) is 5.61. The van der Waals surface area contributed by atoms with E-state index in [0.29, 0.717) is 57.5 Å². The molecular weight excluding hydrogens is 480 g/mol. The lowest BCUT2D eigenvalue weighted by Gasteiger charge is -2.51. The lowest BCUT2D eigenvalue weighted by atomic mass is 9.91. The number of imide groups is 1. The van der Waals surface area contributed by atoms with Crippen LogP contribution < -0.4 is 5.73 Å². The minimum atomic E-state index is -1.04. The molecule has 9 heteroatoms. The monoisotopic (exact) mass is 520 g/mol. The Morgan fingerprint density at radius 2 is 1.71 bits per heavy atom. The predicted octanol–water partition coefficient (Wildman–Crippen LogP) is 3.15. The molecule has 0 bridgehead atoms. The third-order valence-corrected chi connectivity index (χ3v) is 7.50. The van der Waals surface area contributed by atoms with Gasteiger partial charge in [-0.3, -0.25) is 19.6 Å². The number of likely N-dealkylation sites (N-methyl/N-ethyl adjacent to an activating group) is 1. The number of hydrazine groups is 1. The number of benzene rings is 2. The number of nitrogen functional groups attached to an aromatic ring is 1. The zero-order valence-electron chi connectivity index (χ0n) is 22.7. The highest BCUT2D eigenvalue weighted by Gasteiger charge is 2.62. The number of hydrogen-bond donors (Lipinski definition) is 2. The zero-order chi connectivity index (χ0) is 27.3. The number of carbonyl (C=O) groups excluding carboxylic acids is 2. The SMILES string of the molecule is CCCN1C(=O)C2N(N(CC)CCO)C(Cc3ccccc3)=NC2(CC)N(CCc2ccc(N)cc2)C1=O. The van der Waals surface area contributed by atoms with Gasteiger partial charge in [-0.1, -0.05) is 63.2 Å². The Morgan fingerprint density at radius 3 is 2.32 bits per heavy atom. The first kappa shape index (κ1) is 27.6. The number of amidine groups is 1. The summed E-state index contributed by atoms with van der Waals surface area (Å²) in [5, 5.41) is 13.8. The average molecular weight is 521 g/mol. The quantitative estimate of drug-likeness (QED) is 0.417. The molecule has 0 aliphatic carbocycles. The minimum absolute atomic E-state index is 0.0541. The molecule has 4 rings (SSSR count). The molecule has 3 N–H and O–H groups in total. The Hall–Kier alpha value is -3.43. The summed E-state index contributed by atoms with van der Waals surface area (Å²) in [6.45, 7) is 7.63. The van der Waals surface area contributed by atoms with Gasteiger partial charge in [0.15, 0.2) is 11.7 Å². The van der Waals surface area contributed by atoms with Crippen molar-refractivity contribution in [3.63, 3.8) is 0 Å². The molecule has 1 fully saturated rings. The van der Waals surface area contributed by atoms with Crippen molar-refractivity contribution < 1.29 is 14.7 Å². The van der Waals surface area contributed by atoms with E-state index in [1.165, 1.54) is 4.90 Å². The molecule has 2 aliphatic rings. The van der Waals surface area contributed by atoms with Crippen molar-refractivity contribution >= 4 is 23.5 Å². The maximum atomic E-state index is 14.1. The Morgan fingerprint density at radius 1 is 1.00 bits per heavy atom. The van der Waals surface area contributed by atoms with Gasteiger partial charge in [0.2, 0.25) is 0 Å². The second kappa shape index (κ2) is 12.0. The van der Waals surface area contributed by atoms with Gasteiger partial charge in [0, 0.05) is 38.3 Å². The molecule has 3 amide bonds. The Kier molecular flexibility index (Phi) is 8.69. The number of carbonyl (C=O) groups is 2. The summed E-state index contributed by atoms with van der Waals surface area (Å²) in [5.74, 6) is 0.501. The third kappa shape index (κ3) is 5.13. The summed E-state index contributed by atoms with van der Waals surface area (Å²) in [5.41, 5.74) is 7.65. The standard InChI is InChI=1S/C29H40N6O3/c1-4-17-33-27(37)26-29(5-2,34(28(33)38)18-16-22-12-14-24(30)15-13-22)31-25(21-23-10-8-7-9-11-23)35(26)32(6-3)19-20-36/h7-15,26,36H,4-6,16-21,30H2,1-3H3. The lowest BCUT2D eigenvalue weighted by Crippen LogP contribution is -2.74. The largest absolute Gasteiger partial charge is 0.399 e. The molecule has 38 heavy (non-hydrogen) atoms. The topological polar surface area (TPSA) is 106 Å². The van der Waals surface area contributed by atoms with Crippen molar-refractivity contribution in [1.29, 1.82) is 0 Å². The van der Waals surface area contributed by atoms with E-state index in [-0.39, 0.29) is 18.5 Å². The molecule has 0 saturated carbocycles. The third-order valence-electron chi connectivity index (χ3n) is 7.50. The summed E-state index contributed by atoms with van der Waals surface area (Å²) in [7, 11) is 0. The molecule has 0 radical (unpaired) electrons. The molecule has 2 aromatic rings. The highest BCUT2D eigenvalue weighted by atomic mass is 16.3. The second-order valence-electron chi connectivity index (χ2n) is 9.86. The van der Waals surface area contributed by atoms with E-state index in [2.05, 4.69) is 0 Å². The van der Waals surface area contributed by atoms with Crippen molar-refractivity contribution in [1.82, 2.24) is 19.8 Å². The van der Waals surface area contributed by atoms with E-state index in [1.807, 2.05) is 90.3 Å². The first-order valence-electron chi connectivity index (χ1n) is 13.6. The Balaban J connectivity index is 1.80. The van der Waals surface area contributed by atoms with E-state index < -0.39 is 11.7 Å². The molecule has 9 nitrogen and oxygen atoms in total. The van der Waals surface area contributed by atoms with Gasteiger partial charge in [-0.25, -0.2) is 14.8 Å². The smallest absolute Gasteiger partial charge is 0.328 e. The summed E-state index contributed by atoms with van der Waals surface area (Å²) in [6.07, 6.45) is 2.29. The number of aliphatic imine (C=N–C) groups is 1. The molecule has 2 aliphatic heterocycles. The van der Waals surface area contributed by atoms with E-state index in [0.717, 1.165) is 17.0 Å². The number of nitrogens with zero attached hydrogens (tertiary/aromatic N) is 5. The number of nitrogens with two attached hydrogens (primary N) is 1. The number of urea groups is 1. The molecule has 204 valence electrons. The maximum Gasteiger partial charge on any atom is 0.328 e. The van der Waals surface area contributed by atoms with Gasteiger partial charge < -0.3 is 10.8 Å². The van der Waals surface area contributed by atoms with E-state index in [4.69, 9.17) is 10.7 Å².